The van der Waals surface area contributed by atoms with E-state index >= 15 is 0 Å². The highest BCUT2D eigenvalue weighted by Crippen LogP contribution is 2.18. The molecule has 0 fully saturated rings. The predicted molar refractivity (Wildman–Crippen MR) is 78.5 cm³/mol. The second-order valence-corrected chi connectivity index (χ2v) is 4.47. The van der Waals surface area contributed by atoms with Crippen molar-refractivity contribution in [1.29, 1.82) is 5.26 Å². The van der Waals surface area contributed by atoms with Gasteiger partial charge in [0.25, 0.3) is 5.91 Å². The minimum absolute atomic E-state index is 0.0895. The summed E-state index contributed by atoms with van der Waals surface area (Å²) in [6.45, 7) is 3.96. The maximum atomic E-state index is 12.0. The van der Waals surface area contributed by atoms with Gasteiger partial charge >= 0.3 is 5.97 Å². The van der Waals surface area contributed by atoms with E-state index in [4.69, 9.17) is 10.4 Å². The van der Waals surface area contributed by atoms with Crippen LogP contribution in [0.15, 0.2) is 30.0 Å². The van der Waals surface area contributed by atoms with Gasteiger partial charge in [0.05, 0.1) is 6.42 Å². The molecule has 110 valence electrons. The monoisotopic (exact) mass is 287 g/mol. The third-order valence-corrected chi connectivity index (χ3v) is 2.95. The van der Waals surface area contributed by atoms with Crippen LogP contribution in [-0.2, 0) is 9.59 Å². The Morgan fingerprint density at radius 1 is 1.38 bits per heavy atom. The number of carbonyl (C=O) groups excluding carboxylic acids is 1. The average molecular weight is 287 g/mol. The zero-order valence-corrected chi connectivity index (χ0v) is 11.9. The molecule has 1 aromatic carbocycles. The molecule has 0 aliphatic rings. The first-order valence-electron chi connectivity index (χ1n) is 6.38. The van der Waals surface area contributed by atoms with Gasteiger partial charge in [0.1, 0.15) is 11.6 Å². The Labute approximate surface area is 123 Å². The number of amides is 1. The molecule has 0 unspecified atom stereocenters. The Kier molecular flexibility index (Phi) is 5.96. The van der Waals surface area contributed by atoms with Crippen molar-refractivity contribution in [1.82, 2.24) is 5.32 Å². The first-order chi connectivity index (χ1) is 9.95. The van der Waals surface area contributed by atoms with Crippen LogP contribution in [0.4, 0.5) is 5.69 Å². The van der Waals surface area contributed by atoms with Crippen molar-refractivity contribution in [3.63, 3.8) is 0 Å². The van der Waals surface area contributed by atoms with Gasteiger partial charge in [-0.2, -0.15) is 5.26 Å². The zero-order chi connectivity index (χ0) is 15.8. The zero-order valence-electron chi connectivity index (χ0n) is 11.9. The van der Waals surface area contributed by atoms with E-state index in [0.717, 1.165) is 11.1 Å². The molecule has 0 aliphatic heterocycles. The Bertz CT molecular complexity index is 615. The van der Waals surface area contributed by atoms with Crippen molar-refractivity contribution >= 4 is 17.6 Å². The van der Waals surface area contributed by atoms with Crippen LogP contribution in [-0.4, -0.2) is 23.5 Å². The molecule has 0 aliphatic carbocycles. The van der Waals surface area contributed by atoms with Crippen LogP contribution in [0, 0.1) is 25.2 Å². The lowest BCUT2D eigenvalue weighted by molar-refractivity contribution is -0.136. The van der Waals surface area contributed by atoms with Crippen molar-refractivity contribution in [2.24, 2.45) is 0 Å². The molecule has 6 heteroatoms. The number of nitrogens with zero attached hydrogens (tertiary/aromatic N) is 1. The van der Waals surface area contributed by atoms with Crippen LogP contribution in [0.25, 0.3) is 0 Å². The third-order valence-electron chi connectivity index (χ3n) is 2.95. The van der Waals surface area contributed by atoms with Crippen LogP contribution in [0.2, 0.25) is 0 Å². The summed E-state index contributed by atoms with van der Waals surface area (Å²) >= 11 is 0. The van der Waals surface area contributed by atoms with Crippen molar-refractivity contribution in [2.45, 2.75) is 20.3 Å². The van der Waals surface area contributed by atoms with Crippen molar-refractivity contribution in [3.8, 4) is 6.07 Å². The number of anilines is 1. The summed E-state index contributed by atoms with van der Waals surface area (Å²) in [6, 6.07) is 7.29. The number of hydrogen-bond acceptors (Lipinski definition) is 4. The number of nitrogens with one attached hydrogen (secondary N) is 2. The Morgan fingerprint density at radius 2 is 2.10 bits per heavy atom. The molecule has 0 spiro atoms. The SMILES string of the molecule is Cc1cccc(NC(=O)/C(C#N)=C\NCCC(=O)O)c1C. The van der Waals surface area contributed by atoms with E-state index in [0.29, 0.717) is 5.69 Å². The van der Waals surface area contributed by atoms with Crippen LogP contribution in [0.5, 0.6) is 0 Å². The Morgan fingerprint density at radius 3 is 2.71 bits per heavy atom. The molecule has 1 amide bonds. The van der Waals surface area contributed by atoms with E-state index in [1.54, 1.807) is 12.1 Å². The summed E-state index contributed by atoms with van der Waals surface area (Å²) in [5, 5.41) is 22.8. The fraction of sp³-hybridized carbons (Fsp3) is 0.267. The highest BCUT2D eigenvalue weighted by molar-refractivity contribution is 6.06. The number of benzene rings is 1. The van der Waals surface area contributed by atoms with E-state index in [-0.39, 0.29) is 18.5 Å². The molecule has 3 N–H and O–H groups in total. The van der Waals surface area contributed by atoms with E-state index in [1.165, 1.54) is 6.20 Å². The van der Waals surface area contributed by atoms with Gasteiger partial charge in [0, 0.05) is 18.4 Å². The molecular weight excluding hydrogens is 270 g/mol. The van der Waals surface area contributed by atoms with E-state index < -0.39 is 11.9 Å². The highest BCUT2D eigenvalue weighted by atomic mass is 16.4. The van der Waals surface area contributed by atoms with Crippen molar-refractivity contribution in [2.75, 3.05) is 11.9 Å². The lowest BCUT2D eigenvalue weighted by Crippen LogP contribution is -2.18. The summed E-state index contributed by atoms with van der Waals surface area (Å²) in [5.41, 5.74) is 2.50. The standard InChI is InChI=1S/C15H17N3O3/c1-10-4-3-5-13(11(10)2)18-15(21)12(8-16)9-17-7-6-14(19)20/h3-5,9,17H,6-7H2,1-2H3,(H,18,21)(H,19,20)/b12-9-. The van der Waals surface area contributed by atoms with Gasteiger partial charge in [0.15, 0.2) is 0 Å². The minimum atomic E-state index is -0.950. The summed E-state index contributed by atoms with van der Waals surface area (Å²) < 4.78 is 0. The number of carbonyl (C=O) groups is 2. The first kappa shape index (κ1) is 16.2. The summed E-state index contributed by atoms with van der Waals surface area (Å²) in [5.74, 6) is -1.48. The average Bonchev–Trinajstić information content (AvgIpc) is 2.43. The van der Waals surface area contributed by atoms with E-state index in [1.807, 2.05) is 26.0 Å². The highest BCUT2D eigenvalue weighted by Gasteiger charge is 2.11. The summed E-state index contributed by atoms with van der Waals surface area (Å²) in [7, 11) is 0. The Balaban J connectivity index is 2.71. The molecule has 6 nitrogen and oxygen atoms in total. The largest absolute Gasteiger partial charge is 0.481 e. The third kappa shape index (κ3) is 4.99. The molecule has 0 saturated carbocycles. The number of carboxylic acid groups (broad SMARTS) is 1. The van der Waals surface area contributed by atoms with Crippen molar-refractivity contribution in [3.05, 3.63) is 41.1 Å². The lowest BCUT2D eigenvalue weighted by Gasteiger charge is -2.09. The molecule has 0 saturated heterocycles. The maximum Gasteiger partial charge on any atom is 0.305 e. The van der Waals surface area contributed by atoms with Gasteiger partial charge in [-0.3, -0.25) is 9.59 Å². The molecule has 0 radical (unpaired) electrons. The molecule has 0 aromatic heterocycles. The second-order valence-electron chi connectivity index (χ2n) is 4.47. The fourth-order valence-electron chi connectivity index (χ4n) is 1.58. The normalized spacial score (nSPS) is 10.6. The molecule has 0 bridgehead atoms. The van der Waals surface area contributed by atoms with Gasteiger partial charge in [-0.15, -0.1) is 0 Å². The number of aryl methyl sites for hydroxylation is 1. The minimum Gasteiger partial charge on any atom is -0.481 e. The van der Waals surface area contributed by atoms with Gasteiger partial charge < -0.3 is 15.7 Å². The molecular formula is C15H17N3O3. The van der Waals surface area contributed by atoms with Crippen molar-refractivity contribution < 1.29 is 14.7 Å². The molecule has 1 aromatic rings. The predicted octanol–water partition coefficient (Wildman–Crippen LogP) is 1.71. The molecule has 0 atom stereocenters. The van der Waals surface area contributed by atoms with Gasteiger partial charge in [-0.1, -0.05) is 12.1 Å². The molecule has 0 heterocycles. The Hall–Kier alpha value is -2.81. The topological polar surface area (TPSA) is 102 Å². The van der Waals surface area contributed by atoms with Gasteiger partial charge in [-0.05, 0) is 31.0 Å². The maximum absolute atomic E-state index is 12.0. The quantitative estimate of drug-likeness (QED) is 0.420. The second kappa shape index (κ2) is 7.70. The summed E-state index contributed by atoms with van der Waals surface area (Å²) in [6.07, 6.45) is 1.14. The van der Waals surface area contributed by atoms with Crippen LogP contribution in [0.3, 0.4) is 0 Å². The van der Waals surface area contributed by atoms with Crippen LogP contribution in [0.1, 0.15) is 17.5 Å². The van der Waals surface area contributed by atoms with Crippen LogP contribution >= 0.6 is 0 Å². The molecule has 1 rings (SSSR count). The van der Waals surface area contributed by atoms with E-state index in [9.17, 15) is 9.59 Å². The number of rotatable bonds is 6. The number of carboxylic acids is 1. The molecule has 21 heavy (non-hydrogen) atoms. The number of nitriles is 1. The lowest BCUT2D eigenvalue weighted by atomic mass is 10.1. The fourth-order valence-corrected chi connectivity index (χ4v) is 1.58. The smallest absolute Gasteiger partial charge is 0.305 e. The van der Waals surface area contributed by atoms with Gasteiger partial charge in [-0.25, -0.2) is 0 Å². The number of aliphatic carboxylic acids is 1. The van der Waals surface area contributed by atoms with E-state index in [2.05, 4.69) is 10.6 Å². The van der Waals surface area contributed by atoms with Crippen LogP contribution < -0.4 is 10.6 Å². The number of hydrogen-bond donors (Lipinski definition) is 3. The first-order valence-corrected chi connectivity index (χ1v) is 6.38. The summed E-state index contributed by atoms with van der Waals surface area (Å²) in [4.78, 5) is 22.3. The van der Waals surface area contributed by atoms with Gasteiger partial charge in [0.2, 0.25) is 0 Å².